The number of carboxylic acids is 1. The van der Waals surface area contributed by atoms with Crippen molar-refractivity contribution < 1.29 is 9.90 Å². The smallest absolute Gasteiger partial charge is 0.304 e. The average molecular weight is 260 g/mol. The Balaban J connectivity index is 1.96. The van der Waals surface area contributed by atoms with Gasteiger partial charge in [-0.15, -0.1) is 0 Å². The maximum Gasteiger partial charge on any atom is 0.304 e. The molecule has 0 spiro atoms. The van der Waals surface area contributed by atoms with Crippen LogP contribution in [0.2, 0.25) is 0 Å². The predicted molar refractivity (Wildman–Crippen MR) is 69.9 cm³/mol. The lowest BCUT2D eigenvalue weighted by Gasteiger charge is -2.12. The normalized spacial score (nSPS) is 10.8. The number of rotatable bonds is 6. The van der Waals surface area contributed by atoms with E-state index in [1.165, 1.54) is 0 Å². The summed E-state index contributed by atoms with van der Waals surface area (Å²) < 4.78 is 0. The van der Waals surface area contributed by atoms with Crippen LogP contribution in [0.4, 0.5) is 0 Å². The fraction of sp³-hybridized carbons (Fsp3) is 0.308. The highest BCUT2D eigenvalue weighted by Gasteiger charge is 2.07. The highest BCUT2D eigenvalue weighted by Crippen LogP contribution is 2.05. The zero-order valence-electron chi connectivity index (χ0n) is 10.7. The third-order valence-electron chi connectivity index (χ3n) is 2.67. The van der Waals surface area contributed by atoms with Gasteiger partial charge >= 0.3 is 5.97 Å². The van der Waals surface area contributed by atoms with Crippen LogP contribution in [-0.4, -0.2) is 44.6 Å². The van der Waals surface area contributed by atoms with Gasteiger partial charge in [-0.25, -0.2) is 0 Å². The van der Waals surface area contributed by atoms with Crippen molar-refractivity contribution in [1.82, 2.24) is 19.9 Å². The zero-order chi connectivity index (χ0) is 13.7. The van der Waals surface area contributed by atoms with Crippen molar-refractivity contribution in [1.29, 1.82) is 0 Å². The number of para-hydroxylation sites is 1. The Morgan fingerprint density at radius 2 is 2.11 bits per heavy atom. The molecule has 0 bridgehead atoms. The monoisotopic (exact) mass is 260 g/mol. The molecule has 1 aromatic heterocycles. The first-order valence-electron chi connectivity index (χ1n) is 6.02. The lowest BCUT2D eigenvalue weighted by Crippen LogP contribution is -2.21. The van der Waals surface area contributed by atoms with Crippen molar-refractivity contribution in [2.24, 2.45) is 0 Å². The van der Waals surface area contributed by atoms with Crippen molar-refractivity contribution in [3.8, 4) is 5.69 Å². The summed E-state index contributed by atoms with van der Waals surface area (Å²) in [7, 11) is 1.87. The van der Waals surface area contributed by atoms with Crippen molar-refractivity contribution in [3.63, 3.8) is 0 Å². The summed E-state index contributed by atoms with van der Waals surface area (Å²) in [6.45, 7) is 1.08. The van der Waals surface area contributed by atoms with Crippen LogP contribution < -0.4 is 0 Å². The van der Waals surface area contributed by atoms with Gasteiger partial charge in [0.05, 0.1) is 24.0 Å². The van der Waals surface area contributed by atoms with Crippen molar-refractivity contribution in [2.45, 2.75) is 13.0 Å². The Morgan fingerprint density at radius 1 is 1.37 bits per heavy atom. The molecule has 0 unspecified atom stereocenters. The number of benzene rings is 1. The van der Waals surface area contributed by atoms with Crippen LogP contribution in [0.1, 0.15) is 12.1 Å². The number of carboxylic acid groups (broad SMARTS) is 1. The molecule has 0 amide bonds. The van der Waals surface area contributed by atoms with E-state index in [-0.39, 0.29) is 6.42 Å². The van der Waals surface area contributed by atoms with E-state index >= 15 is 0 Å². The summed E-state index contributed by atoms with van der Waals surface area (Å²) in [5.41, 5.74) is 1.72. The molecule has 19 heavy (non-hydrogen) atoms. The third kappa shape index (κ3) is 3.89. The molecule has 0 aliphatic rings. The van der Waals surface area contributed by atoms with E-state index in [0.29, 0.717) is 13.1 Å². The maximum atomic E-state index is 10.5. The molecule has 1 aromatic carbocycles. The maximum absolute atomic E-state index is 10.5. The highest BCUT2D eigenvalue weighted by molar-refractivity contribution is 5.66. The number of aliphatic carboxylic acids is 1. The standard InChI is InChI=1S/C13H16N4O2/c1-16(8-7-13(18)19)10-11-9-14-17(15-11)12-5-3-2-4-6-12/h2-6,9H,7-8,10H2,1H3,(H,18,19). The Hall–Kier alpha value is -2.21. The summed E-state index contributed by atoms with van der Waals surface area (Å²) >= 11 is 0. The third-order valence-corrected chi connectivity index (χ3v) is 2.67. The fourth-order valence-electron chi connectivity index (χ4n) is 1.69. The largest absolute Gasteiger partial charge is 0.481 e. The van der Waals surface area contributed by atoms with E-state index in [2.05, 4.69) is 10.2 Å². The molecule has 0 radical (unpaired) electrons. The second-order valence-electron chi connectivity index (χ2n) is 4.34. The summed E-state index contributed by atoms with van der Waals surface area (Å²) in [5, 5.41) is 17.2. The van der Waals surface area contributed by atoms with E-state index in [1.54, 1.807) is 11.0 Å². The van der Waals surface area contributed by atoms with Crippen molar-refractivity contribution in [2.75, 3.05) is 13.6 Å². The molecule has 0 aliphatic heterocycles. The van der Waals surface area contributed by atoms with Crippen molar-refractivity contribution in [3.05, 3.63) is 42.2 Å². The van der Waals surface area contributed by atoms with Gasteiger partial charge in [0, 0.05) is 13.1 Å². The molecule has 2 aromatic rings. The molecule has 6 nitrogen and oxygen atoms in total. The topological polar surface area (TPSA) is 71.2 Å². The van der Waals surface area contributed by atoms with E-state index in [0.717, 1.165) is 11.4 Å². The molecular weight excluding hydrogens is 244 g/mol. The lowest BCUT2D eigenvalue weighted by atomic mass is 10.3. The second-order valence-corrected chi connectivity index (χ2v) is 4.34. The Morgan fingerprint density at radius 3 is 2.79 bits per heavy atom. The first-order valence-corrected chi connectivity index (χ1v) is 6.02. The minimum atomic E-state index is -0.792. The molecule has 2 rings (SSSR count). The molecule has 6 heteroatoms. The van der Waals surface area contributed by atoms with Gasteiger partial charge in [-0.2, -0.15) is 15.0 Å². The van der Waals surface area contributed by atoms with E-state index in [9.17, 15) is 4.79 Å². The van der Waals surface area contributed by atoms with Crippen LogP contribution in [0.5, 0.6) is 0 Å². The van der Waals surface area contributed by atoms with Crippen LogP contribution >= 0.6 is 0 Å². The van der Waals surface area contributed by atoms with Crippen LogP contribution in [-0.2, 0) is 11.3 Å². The van der Waals surface area contributed by atoms with Crippen LogP contribution in [0.3, 0.4) is 0 Å². The lowest BCUT2D eigenvalue weighted by molar-refractivity contribution is -0.137. The summed E-state index contributed by atoms with van der Waals surface area (Å²) in [5.74, 6) is -0.792. The number of hydrogen-bond acceptors (Lipinski definition) is 4. The quantitative estimate of drug-likeness (QED) is 0.844. The van der Waals surface area contributed by atoms with Crippen LogP contribution in [0.25, 0.3) is 5.69 Å². The summed E-state index contributed by atoms with van der Waals surface area (Å²) in [6.07, 6.45) is 1.83. The molecule has 1 N–H and O–H groups in total. The molecular formula is C13H16N4O2. The summed E-state index contributed by atoms with van der Waals surface area (Å²) in [4.78, 5) is 14.0. The molecule has 0 saturated heterocycles. The first kappa shape index (κ1) is 13.2. The van der Waals surface area contributed by atoms with Gasteiger partial charge in [0.25, 0.3) is 0 Å². The average Bonchev–Trinajstić information content (AvgIpc) is 2.86. The van der Waals surface area contributed by atoms with E-state index < -0.39 is 5.97 Å². The second kappa shape index (κ2) is 6.10. The minimum Gasteiger partial charge on any atom is -0.481 e. The zero-order valence-corrected chi connectivity index (χ0v) is 10.7. The van der Waals surface area contributed by atoms with Gasteiger partial charge in [-0.1, -0.05) is 18.2 Å². The number of nitrogens with zero attached hydrogens (tertiary/aromatic N) is 4. The number of hydrogen-bond donors (Lipinski definition) is 1. The van der Waals surface area contributed by atoms with Gasteiger partial charge < -0.3 is 5.11 Å². The number of carbonyl (C=O) groups is 1. The van der Waals surface area contributed by atoms with E-state index in [4.69, 9.17) is 5.11 Å². The molecule has 0 fully saturated rings. The first-order chi connectivity index (χ1) is 9.15. The van der Waals surface area contributed by atoms with Crippen LogP contribution in [0.15, 0.2) is 36.5 Å². The fourth-order valence-corrected chi connectivity index (χ4v) is 1.69. The predicted octanol–water partition coefficient (Wildman–Crippen LogP) is 1.17. The van der Waals surface area contributed by atoms with Crippen LogP contribution in [0, 0.1) is 0 Å². The Kier molecular flexibility index (Phi) is 4.25. The Bertz CT molecular complexity index is 539. The highest BCUT2D eigenvalue weighted by atomic mass is 16.4. The molecule has 1 heterocycles. The minimum absolute atomic E-state index is 0.128. The van der Waals surface area contributed by atoms with Crippen molar-refractivity contribution >= 4 is 5.97 Å². The molecule has 100 valence electrons. The number of aromatic nitrogens is 3. The summed E-state index contributed by atoms with van der Waals surface area (Å²) in [6, 6.07) is 9.65. The van der Waals surface area contributed by atoms with Gasteiger partial charge in [-0.05, 0) is 19.2 Å². The van der Waals surface area contributed by atoms with Gasteiger partial charge in [0.15, 0.2) is 0 Å². The van der Waals surface area contributed by atoms with Gasteiger partial charge in [0.1, 0.15) is 0 Å². The van der Waals surface area contributed by atoms with Gasteiger partial charge in [0.2, 0.25) is 0 Å². The van der Waals surface area contributed by atoms with E-state index in [1.807, 2.05) is 42.3 Å². The Labute approximate surface area is 111 Å². The SMILES string of the molecule is CN(CCC(=O)O)Cc1cnn(-c2ccccc2)n1. The molecule has 0 aliphatic carbocycles. The molecule has 0 saturated carbocycles. The molecule has 0 atom stereocenters. The van der Waals surface area contributed by atoms with Gasteiger partial charge in [-0.3, -0.25) is 9.69 Å².